The highest BCUT2D eigenvalue weighted by molar-refractivity contribution is 6.08. The van der Waals surface area contributed by atoms with Crippen LogP contribution in [-0.4, -0.2) is 73.7 Å². The van der Waals surface area contributed by atoms with Crippen molar-refractivity contribution in [2.24, 2.45) is 5.92 Å². The summed E-state index contributed by atoms with van der Waals surface area (Å²) in [5.41, 5.74) is 2.18. The van der Waals surface area contributed by atoms with E-state index >= 15 is 0 Å². The molecule has 11 heteroatoms. The average Bonchev–Trinajstić information content (AvgIpc) is 3.04. The van der Waals surface area contributed by atoms with Gasteiger partial charge in [0.25, 0.3) is 11.8 Å². The van der Waals surface area contributed by atoms with E-state index in [1.165, 1.54) is 26.2 Å². The summed E-state index contributed by atoms with van der Waals surface area (Å²) in [6.45, 7) is 1.88. The molecule has 34 heavy (non-hydrogen) atoms. The maximum Gasteiger partial charge on any atom is 0.344 e. The van der Waals surface area contributed by atoms with E-state index in [1.807, 2.05) is 0 Å². The summed E-state index contributed by atoms with van der Waals surface area (Å²) in [4.78, 5) is 51.7. The molecular formula is C23H32N4O7. The van der Waals surface area contributed by atoms with Crippen LogP contribution < -0.4 is 20.2 Å². The third-order valence-corrected chi connectivity index (χ3v) is 6.29. The van der Waals surface area contributed by atoms with E-state index in [0.717, 1.165) is 23.4 Å². The number of rotatable bonds is 9. The number of hydrogen-bond donors (Lipinski definition) is 2. The van der Waals surface area contributed by atoms with Crippen molar-refractivity contribution in [3.63, 3.8) is 0 Å². The van der Waals surface area contributed by atoms with Crippen LogP contribution >= 0.6 is 0 Å². The van der Waals surface area contributed by atoms with E-state index in [-0.39, 0.29) is 19.6 Å². The minimum atomic E-state index is -0.959. The number of nitrogens with one attached hydrogen (secondary N) is 2. The number of hydrazine groups is 1. The number of ether oxygens (including phenoxy) is 3. The van der Waals surface area contributed by atoms with E-state index in [2.05, 4.69) is 17.7 Å². The Balaban J connectivity index is 1.69. The molecule has 186 valence electrons. The predicted octanol–water partition coefficient (Wildman–Crippen LogP) is 1.21. The quantitative estimate of drug-likeness (QED) is 0.402. The lowest BCUT2D eigenvalue weighted by Gasteiger charge is -2.33. The fourth-order valence-corrected chi connectivity index (χ4v) is 4.31. The van der Waals surface area contributed by atoms with Gasteiger partial charge in [-0.05, 0) is 49.3 Å². The van der Waals surface area contributed by atoms with Crippen molar-refractivity contribution < 1.29 is 33.4 Å². The van der Waals surface area contributed by atoms with Crippen LogP contribution in [0.15, 0.2) is 18.2 Å². The number of esters is 1. The summed E-state index contributed by atoms with van der Waals surface area (Å²) < 4.78 is 15.3. The zero-order valence-electron chi connectivity index (χ0n) is 20.0. The van der Waals surface area contributed by atoms with Crippen LogP contribution in [0.2, 0.25) is 0 Å². The van der Waals surface area contributed by atoms with Gasteiger partial charge in [-0.2, -0.15) is 5.01 Å². The van der Waals surface area contributed by atoms with E-state index in [4.69, 9.17) is 14.2 Å². The average molecular weight is 477 g/mol. The van der Waals surface area contributed by atoms with Crippen LogP contribution in [0, 0.1) is 5.92 Å². The first kappa shape index (κ1) is 25.3. The summed E-state index contributed by atoms with van der Waals surface area (Å²) in [7, 11) is 4.30. The zero-order valence-corrected chi connectivity index (χ0v) is 20.0. The number of nitrogens with zero attached hydrogens (tertiary/aromatic N) is 2. The van der Waals surface area contributed by atoms with Crippen molar-refractivity contribution in [3.05, 3.63) is 23.8 Å². The van der Waals surface area contributed by atoms with Gasteiger partial charge >= 0.3 is 12.0 Å². The number of benzene rings is 1. The third-order valence-electron chi connectivity index (χ3n) is 6.29. The minimum absolute atomic E-state index is 0.175. The zero-order chi connectivity index (χ0) is 24.9. The molecule has 1 heterocycles. The van der Waals surface area contributed by atoms with E-state index < -0.39 is 29.4 Å². The van der Waals surface area contributed by atoms with Crippen LogP contribution in [0.1, 0.15) is 38.2 Å². The number of amides is 4. The summed E-state index contributed by atoms with van der Waals surface area (Å²) in [6.07, 6.45) is 2.73. The van der Waals surface area contributed by atoms with E-state index in [9.17, 15) is 19.2 Å². The van der Waals surface area contributed by atoms with Gasteiger partial charge in [0.15, 0.2) is 0 Å². The highest BCUT2D eigenvalue weighted by Gasteiger charge is 2.52. The molecule has 2 N–H and O–H groups in total. The molecule has 2 fully saturated rings. The SMILES string of the molecule is COC(=O)CN(CC(=O)NN1C(=O)NC2(CCC(C)CC2)C1=O)Cc1cc(OC)cc(OC)c1. The second-order valence-corrected chi connectivity index (χ2v) is 8.81. The Morgan fingerprint density at radius 1 is 1.09 bits per heavy atom. The van der Waals surface area contributed by atoms with Gasteiger partial charge in [0.1, 0.15) is 17.0 Å². The van der Waals surface area contributed by atoms with Crippen molar-refractivity contribution in [2.45, 2.75) is 44.7 Å². The highest BCUT2D eigenvalue weighted by Crippen LogP contribution is 2.35. The third kappa shape index (κ3) is 5.77. The molecule has 1 saturated heterocycles. The first-order valence-corrected chi connectivity index (χ1v) is 11.2. The molecule has 1 spiro atoms. The fraction of sp³-hybridized carbons (Fsp3) is 0.565. The van der Waals surface area contributed by atoms with Gasteiger partial charge in [-0.25, -0.2) is 4.79 Å². The molecule has 0 atom stereocenters. The second kappa shape index (κ2) is 10.7. The number of imide groups is 1. The molecule has 0 unspecified atom stereocenters. The largest absolute Gasteiger partial charge is 0.497 e. The predicted molar refractivity (Wildman–Crippen MR) is 121 cm³/mol. The Labute approximate surface area is 198 Å². The summed E-state index contributed by atoms with van der Waals surface area (Å²) >= 11 is 0. The summed E-state index contributed by atoms with van der Waals surface area (Å²) in [5, 5.41) is 3.52. The van der Waals surface area contributed by atoms with Gasteiger partial charge < -0.3 is 19.5 Å². The van der Waals surface area contributed by atoms with Crippen LogP contribution in [0.25, 0.3) is 0 Å². The molecular weight excluding hydrogens is 444 g/mol. The monoisotopic (exact) mass is 476 g/mol. The number of methoxy groups -OCH3 is 3. The van der Waals surface area contributed by atoms with Gasteiger partial charge in [0.05, 0.1) is 34.4 Å². The Hall–Kier alpha value is -3.34. The number of urea groups is 1. The lowest BCUT2D eigenvalue weighted by atomic mass is 9.77. The van der Waals surface area contributed by atoms with Crippen LogP contribution in [0.3, 0.4) is 0 Å². The number of carbonyl (C=O) groups excluding carboxylic acids is 4. The Morgan fingerprint density at radius 2 is 1.71 bits per heavy atom. The smallest absolute Gasteiger partial charge is 0.344 e. The lowest BCUT2D eigenvalue weighted by Crippen LogP contribution is -2.53. The normalized spacial score (nSPS) is 22.0. The first-order chi connectivity index (χ1) is 16.2. The summed E-state index contributed by atoms with van der Waals surface area (Å²) in [5.74, 6) is 0.0128. The molecule has 0 bridgehead atoms. The van der Waals surface area contributed by atoms with Gasteiger partial charge in [0.2, 0.25) is 0 Å². The fourth-order valence-electron chi connectivity index (χ4n) is 4.31. The standard InChI is InChI=1S/C23H32N4O7/c1-15-5-7-23(8-6-15)21(30)27(22(31)24-23)25-19(28)13-26(14-20(29)34-4)12-16-9-17(32-2)11-18(10-16)33-3/h9-11,15H,5-8,12-14H2,1-4H3,(H,24,31)(H,25,28). The van der Waals surface area contributed by atoms with Crippen LogP contribution in [-0.2, 0) is 25.7 Å². The van der Waals surface area contributed by atoms with Crippen molar-refractivity contribution >= 4 is 23.8 Å². The van der Waals surface area contributed by atoms with Gasteiger partial charge in [-0.15, -0.1) is 0 Å². The summed E-state index contributed by atoms with van der Waals surface area (Å²) in [6, 6.07) is 4.58. The van der Waals surface area contributed by atoms with Gasteiger partial charge in [-0.1, -0.05) is 6.92 Å². The van der Waals surface area contributed by atoms with Crippen molar-refractivity contribution in [1.29, 1.82) is 0 Å². The second-order valence-electron chi connectivity index (χ2n) is 8.81. The van der Waals surface area contributed by atoms with Gasteiger partial charge in [0, 0.05) is 12.6 Å². The van der Waals surface area contributed by atoms with Crippen molar-refractivity contribution in [3.8, 4) is 11.5 Å². The highest BCUT2D eigenvalue weighted by atomic mass is 16.5. The maximum atomic E-state index is 13.0. The van der Waals surface area contributed by atoms with Crippen LogP contribution in [0.4, 0.5) is 4.79 Å². The maximum absolute atomic E-state index is 13.0. The van der Waals surface area contributed by atoms with E-state index in [0.29, 0.717) is 30.3 Å². The molecule has 1 saturated carbocycles. The molecule has 3 rings (SSSR count). The molecule has 1 aliphatic carbocycles. The Morgan fingerprint density at radius 3 is 2.26 bits per heavy atom. The Kier molecular flexibility index (Phi) is 7.98. The number of carbonyl (C=O) groups is 4. The molecule has 11 nitrogen and oxygen atoms in total. The molecule has 0 aromatic heterocycles. The van der Waals surface area contributed by atoms with E-state index in [1.54, 1.807) is 18.2 Å². The molecule has 4 amide bonds. The van der Waals surface area contributed by atoms with Gasteiger partial charge in [-0.3, -0.25) is 24.7 Å². The topological polar surface area (TPSA) is 127 Å². The lowest BCUT2D eigenvalue weighted by molar-refractivity contribution is -0.144. The molecule has 1 aromatic rings. The minimum Gasteiger partial charge on any atom is -0.497 e. The molecule has 1 aliphatic heterocycles. The molecule has 1 aromatic carbocycles. The molecule has 2 aliphatic rings. The number of hydrogen-bond acceptors (Lipinski definition) is 8. The first-order valence-electron chi connectivity index (χ1n) is 11.2. The molecule has 0 radical (unpaired) electrons. The van der Waals surface area contributed by atoms with Crippen molar-refractivity contribution in [2.75, 3.05) is 34.4 Å². The van der Waals surface area contributed by atoms with Crippen molar-refractivity contribution in [1.82, 2.24) is 20.7 Å². The van der Waals surface area contributed by atoms with Crippen LogP contribution in [0.5, 0.6) is 11.5 Å². The Bertz CT molecular complexity index is 921.